The second-order valence-electron chi connectivity index (χ2n) is 7.07. The Morgan fingerprint density at radius 1 is 1.18 bits per heavy atom. The average molecular weight is 401 g/mol. The van der Waals surface area contributed by atoms with Crippen molar-refractivity contribution in [2.75, 3.05) is 11.9 Å². The molecular weight excluding hydrogens is 379 g/mol. The van der Waals surface area contributed by atoms with E-state index < -0.39 is 11.4 Å². The first kappa shape index (κ1) is 20.0. The quantitative estimate of drug-likeness (QED) is 0.643. The molecule has 0 bridgehead atoms. The fraction of sp³-hybridized carbons (Fsp3) is 0.238. The van der Waals surface area contributed by atoms with Crippen molar-refractivity contribution in [3.8, 4) is 5.69 Å². The van der Waals surface area contributed by atoms with Crippen LogP contribution in [0.25, 0.3) is 5.69 Å². The van der Waals surface area contributed by atoms with Crippen LogP contribution in [0.3, 0.4) is 0 Å². The van der Waals surface area contributed by atoms with Gasteiger partial charge in [0.15, 0.2) is 0 Å². The minimum Gasteiger partial charge on any atom is -0.309 e. The van der Waals surface area contributed by atoms with Gasteiger partial charge in [0.05, 0.1) is 12.2 Å². The molecule has 2 aromatic carbocycles. The largest absolute Gasteiger partial charge is 0.309 e. The first-order valence-corrected chi connectivity index (χ1v) is 9.26. The fourth-order valence-electron chi connectivity index (χ4n) is 2.85. The van der Waals surface area contributed by atoms with Gasteiger partial charge in [-0.1, -0.05) is 35.9 Å². The highest BCUT2D eigenvalue weighted by molar-refractivity contribution is 6.30. The second-order valence-corrected chi connectivity index (χ2v) is 7.50. The van der Waals surface area contributed by atoms with Gasteiger partial charge in [-0.25, -0.2) is 9.07 Å². The van der Waals surface area contributed by atoms with E-state index in [1.54, 1.807) is 31.2 Å². The maximum atomic E-state index is 14.1. The number of carbonyl (C=O) groups is 1. The maximum Gasteiger partial charge on any atom is 0.239 e. The summed E-state index contributed by atoms with van der Waals surface area (Å²) in [6.45, 7) is 5.83. The van der Waals surface area contributed by atoms with Crippen LogP contribution < -0.4 is 10.6 Å². The molecule has 1 amide bonds. The molecule has 0 radical (unpaired) electrons. The average Bonchev–Trinajstić information content (AvgIpc) is 3.01. The summed E-state index contributed by atoms with van der Waals surface area (Å²) >= 11 is 5.94. The SMILES string of the molecule is Cc1cc(NC(=O)CNC(C)(C)c2ccc(Cl)cc2)n(-c2ccccc2F)n1. The topological polar surface area (TPSA) is 59.0 Å². The summed E-state index contributed by atoms with van der Waals surface area (Å²) in [6.07, 6.45) is 0. The minimum atomic E-state index is -0.427. The molecule has 1 heterocycles. The molecule has 0 unspecified atom stereocenters. The molecule has 28 heavy (non-hydrogen) atoms. The van der Waals surface area contributed by atoms with Gasteiger partial charge >= 0.3 is 0 Å². The Morgan fingerprint density at radius 3 is 2.54 bits per heavy atom. The molecule has 0 saturated carbocycles. The number of hydrogen-bond acceptors (Lipinski definition) is 3. The van der Waals surface area contributed by atoms with Crippen molar-refractivity contribution in [2.45, 2.75) is 26.3 Å². The number of anilines is 1. The van der Waals surface area contributed by atoms with Crippen molar-refractivity contribution < 1.29 is 9.18 Å². The third-order valence-corrected chi connectivity index (χ3v) is 4.69. The second kappa shape index (κ2) is 8.12. The van der Waals surface area contributed by atoms with Gasteiger partial charge < -0.3 is 5.32 Å². The van der Waals surface area contributed by atoms with Crippen molar-refractivity contribution in [1.29, 1.82) is 0 Å². The van der Waals surface area contributed by atoms with Crippen molar-refractivity contribution >= 4 is 23.3 Å². The highest BCUT2D eigenvalue weighted by atomic mass is 35.5. The molecule has 0 aliphatic rings. The van der Waals surface area contributed by atoms with Crippen LogP contribution in [0.1, 0.15) is 25.1 Å². The minimum absolute atomic E-state index is 0.0805. The van der Waals surface area contributed by atoms with E-state index >= 15 is 0 Å². The zero-order valence-corrected chi connectivity index (χ0v) is 16.7. The van der Waals surface area contributed by atoms with Crippen LogP contribution in [-0.4, -0.2) is 22.2 Å². The molecular formula is C21H22ClFN4O. The Morgan fingerprint density at radius 2 is 1.86 bits per heavy atom. The lowest BCUT2D eigenvalue weighted by atomic mass is 9.94. The van der Waals surface area contributed by atoms with Crippen LogP contribution in [0.15, 0.2) is 54.6 Å². The summed E-state index contributed by atoms with van der Waals surface area (Å²) in [4.78, 5) is 12.5. The van der Waals surface area contributed by atoms with Gasteiger partial charge in [0, 0.05) is 16.6 Å². The zero-order chi connectivity index (χ0) is 20.3. The number of benzene rings is 2. The van der Waals surface area contributed by atoms with Crippen molar-refractivity contribution in [3.05, 3.63) is 76.7 Å². The van der Waals surface area contributed by atoms with E-state index in [1.165, 1.54) is 10.7 Å². The van der Waals surface area contributed by atoms with Crippen LogP contribution >= 0.6 is 11.6 Å². The molecule has 0 aliphatic carbocycles. The molecule has 146 valence electrons. The van der Waals surface area contributed by atoms with E-state index in [1.807, 2.05) is 38.1 Å². The molecule has 0 fully saturated rings. The number of rotatable bonds is 6. The molecule has 5 nitrogen and oxygen atoms in total. The molecule has 0 aliphatic heterocycles. The molecule has 0 saturated heterocycles. The lowest BCUT2D eigenvalue weighted by molar-refractivity contribution is -0.115. The van der Waals surface area contributed by atoms with E-state index in [0.29, 0.717) is 16.5 Å². The lowest BCUT2D eigenvalue weighted by Crippen LogP contribution is -2.41. The van der Waals surface area contributed by atoms with E-state index in [4.69, 9.17) is 11.6 Å². The summed E-state index contributed by atoms with van der Waals surface area (Å²) < 4.78 is 15.5. The highest BCUT2D eigenvalue weighted by Crippen LogP contribution is 2.22. The molecule has 0 spiro atoms. The van der Waals surface area contributed by atoms with Gasteiger partial charge in [-0.05, 0) is 50.6 Å². The maximum absolute atomic E-state index is 14.1. The van der Waals surface area contributed by atoms with E-state index in [9.17, 15) is 9.18 Å². The highest BCUT2D eigenvalue weighted by Gasteiger charge is 2.21. The third kappa shape index (κ3) is 4.58. The number of aryl methyl sites for hydroxylation is 1. The number of carbonyl (C=O) groups excluding carboxylic acids is 1. The van der Waals surface area contributed by atoms with Gasteiger partial charge in [0.25, 0.3) is 0 Å². The summed E-state index contributed by atoms with van der Waals surface area (Å²) in [7, 11) is 0. The summed E-state index contributed by atoms with van der Waals surface area (Å²) in [5.74, 6) is -0.249. The number of halogens is 2. The van der Waals surface area contributed by atoms with Gasteiger partial charge in [0.2, 0.25) is 5.91 Å². The molecule has 1 aromatic heterocycles. The Hall–Kier alpha value is -2.70. The van der Waals surface area contributed by atoms with Crippen molar-refractivity contribution in [3.63, 3.8) is 0 Å². The standard InChI is InChI=1S/C21H22ClFN4O/c1-14-12-19(27(26-14)18-7-5-4-6-17(18)23)25-20(28)13-24-21(2,3)15-8-10-16(22)11-9-15/h4-12,24H,13H2,1-3H3,(H,25,28). The molecule has 7 heteroatoms. The first-order chi connectivity index (χ1) is 13.3. The zero-order valence-electron chi connectivity index (χ0n) is 16.0. The molecule has 0 atom stereocenters. The van der Waals surface area contributed by atoms with Crippen molar-refractivity contribution in [1.82, 2.24) is 15.1 Å². The van der Waals surface area contributed by atoms with Gasteiger partial charge in [-0.15, -0.1) is 0 Å². The number of aromatic nitrogens is 2. The summed E-state index contributed by atoms with van der Waals surface area (Å²) in [6, 6.07) is 15.5. The summed E-state index contributed by atoms with van der Waals surface area (Å²) in [5.41, 5.74) is 1.54. The Balaban J connectivity index is 1.70. The van der Waals surface area contributed by atoms with Crippen LogP contribution in [0, 0.1) is 12.7 Å². The Kier molecular flexibility index (Phi) is 5.82. The normalized spacial score (nSPS) is 11.5. The van der Waals surface area contributed by atoms with Crippen LogP contribution in [0.2, 0.25) is 5.02 Å². The van der Waals surface area contributed by atoms with Crippen molar-refractivity contribution in [2.24, 2.45) is 0 Å². The predicted octanol–water partition coefficient (Wildman–Crippen LogP) is 4.44. The number of para-hydroxylation sites is 1. The van der Waals surface area contributed by atoms with Gasteiger partial charge in [-0.3, -0.25) is 10.1 Å². The lowest BCUT2D eigenvalue weighted by Gasteiger charge is -2.27. The number of nitrogens with zero attached hydrogens (tertiary/aromatic N) is 2. The van der Waals surface area contributed by atoms with E-state index in [-0.39, 0.29) is 18.1 Å². The van der Waals surface area contributed by atoms with Gasteiger partial charge in [-0.2, -0.15) is 5.10 Å². The van der Waals surface area contributed by atoms with E-state index in [2.05, 4.69) is 15.7 Å². The molecule has 2 N–H and O–H groups in total. The number of amides is 1. The molecule has 3 aromatic rings. The first-order valence-electron chi connectivity index (χ1n) is 8.89. The smallest absolute Gasteiger partial charge is 0.239 e. The third-order valence-electron chi connectivity index (χ3n) is 4.44. The Bertz CT molecular complexity index is 982. The van der Waals surface area contributed by atoms with E-state index in [0.717, 1.165) is 5.56 Å². The number of nitrogens with one attached hydrogen (secondary N) is 2. The summed E-state index contributed by atoms with van der Waals surface area (Å²) in [5, 5.41) is 11.0. The van der Waals surface area contributed by atoms with Crippen LogP contribution in [0.5, 0.6) is 0 Å². The number of hydrogen-bond donors (Lipinski definition) is 2. The predicted molar refractivity (Wildman–Crippen MR) is 109 cm³/mol. The van der Waals surface area contributed by atoms with Crippen LogP contribution in [0.4, 0.5) is 10.2 Å². The molecule has 3 rings (SSSR count). The van der Waals surface area contributed by atoms with Crippen LogP contribution in [-0.2, 0) is 10.3 Å². The van der Waals surface area contributed by atoms with Gasteiger partial charge in [0.1, 0.15) is 17.3 Å². The fourth-order valence-corrected chi connectivity index (χ4v) is 2.98. The Labute approximate surface area is 168 Å². The monoisotopic (exact) mass is 400 g/mol.